The number of phenols is 1. The fourth-order valence-electron chi connectivity index (χ4n) is 6.21. The van der Waals surface area contributed by atoms with Crippen LogP contribution >= 0.6 is 0 Å². The standard InChI is InChI=1S/C24H34O4/c1-23(2,3)13-28-22(27)19-12-20-18-7-5-14-11-15(25)6-8-16(14)17(18)9-10-24(20,4)21(19)26/h6,8,11,17-21,25-26H,5,7,9-10,12-13H2,1-4H3/t17-,18-,19-,20+,21+,24+/m1/s1. The zero-order valence-electron chi connectivity index (χ0n) is 17.6. The molecule has 154 valence electrons. The Hall–Kier alpha value is -1.55. The van der Waals surface area contributed by atoms with Crippen molar-refractivity contribution in [2.24, 2.45) is 28.6 Å². The van der Waals surface area contributed by atoms with Gasteiger partial charge < -0.3 is 14.9 Å². The minimum Gasteiger partial charge on any atom is -0.508 e. The number of carbonyl (C=O) groups is 1. The van der Waals surface area contributed by atoms with E-state index in [0.717, 1.165) is 32.1 Å². The summed E-state index contributed by atoms with van der Waals surface area (Å²) in [6.45, 7) is 8.72. The van der Waals surface area contributed by atoms with E-state index >= 15 is 0 Å². The summed E-state index contributed by atoms with van der Waals surface area (Å²) < 4.78 is 5.59. The molecule has 28 heavy (non-hydrogen) atoms. The summed E-state index contributed by atoms with van der Waals surface area (Å²) in [5, 5.41) is 21.0. The fourth-order valence-corrected chi connectivity index (χ4v) is 6.21. The highest BCUT2D eigenvalue weighted by Gasteiger charge is 2.59. The van der Waals surface area contributed by atoms with Crippen LogP contribution in [0.4, 0.5) is 0 Å². The van der Waals surface area contributed by atoms with Gasteiger partial charge in [-0.3, -0.25) is 4.79 Å². The molecule has 2 saturated carbocycles. The summed E-state index contributed by atoms with van der Waals surface area (Å²) in [5.41, 5.74) is 2.36. The summed E-state index contributed by atoms with van der Waals surface area (Å²) in [7, 11) is 0. The average Bonchev–Trinajstić information content (AvgIpc) is 2.90. The van der Waals surface area contributed by atoms with Gasteiger partial charge in [0.05, 0.1) is 18.6 Å². The lowest BCUT2D eigenvalue weighted by atomic mass is 9.55. The number of carbonyl (C=O) groups excluding carboxylic acids is 1. The molecular weight excluding hydrogens is 352 g/mol. The molecule has 4 rings (SSSR count). The molecule has 6 atom stereocenters. The largest absolute Gasteiger partial charge is 0.508 e. The second-order valence-electron chi connectivity index (χ2n) is 10.8. The van der Waals surface area contributed by atoms with Gasteiger partial charge in [0.1, 0.15) is 5.75 Å². The molecular formula is C24H34O4. The Kier molecular flexibility index (Phi) is 4.77. The lowest BCUT2D eigenvalue weighted by molar-refractivity contribution is -0.156. The number of hydrogen-bond acceptors (Lipinski definition) is 4. The molecule has 0 radical (unpaired) electrons. The maximum Gasteiger partial charge on any atom is 0.311 e. The zero-order valence-corrected chi connectivity index (χ0v) is 17.6. The molecule has 0 aliphatic heterocycles. The lowest BCUT2D eigenvalue weighted by Crippen LogP contribution is -2.45. The third kappa shape index (κ3) is 3.24. The number of aliphatic hydroxyl groups excluding tert-OH is 1. The van der Waals surface area contributed by atoms with Crippen LogP contribution in [-0.4, -0.2) is 28.9 Å². The number of aromatic hydroxyl groups is 1. The maximum atomic E-state index is 12.8. The highest BCUT2D eigenvalue weighted by molar-refractivity contribution is 5.74. The van der Waals surface area contributed by atoms with Gasteiger partial charge in [0.2, 0.25) is 0 Å². The molecule has 3 aliphatic rings. The number of ether oxygens (including phenoxy) is 1. The van der Waals surface area contributed by atoms with Crippen molar-refractivity contribution in [3.05, 3.63) is 29.3 Å². The molecule has 0 bridgehead atoms. The van der Waals surface area contributed by atoms with Crippen molar-refractivity contribution in [3.63, 3.8) is 0 Å². The minimum atomic E-state index is -0.618. The first-order chi connectivity index (χ1) is 13.1. The minimum absolute atomic E-state index is 0.0698. The average molecular weight is 387 g/mol. The number of fused-ring (bicyclic) bond motifs is 5. The van der Waals surface area contributed by atoms with E-state index in [1.165, 1.54) is 11.1 Å². The van der Waals surface area contributed by atoms with Crippen LogP contribution in [-0.2, 0) is 16.0 Å². The Morgan fingerprint density at radius 3 is 2.75 bits per heavy atom. The van der Waals surface area contributed by atoms with Gasteiger partial charge in [0.15, 0.2) is 0 Å². The Bertz CT molecular complexity index is 764. The van der Waals surface area contributed by atoms with Gasteiger partial charge in [-0.1, -0.05) is 33.8 Å². The molecule has 0 saturated heterocycles. The van der Waals surface area contributed by atoms with Gasteiger partial charge in [0.25, 0.3) is 0 Å². The van der Waals surface area contributed by atoms with Gasteiger partial charge >= 0.3 is 5.97 Å². The van der Waals surface area contributed by atoms with Crippen LogP contribution in [0.3, 0.4) is 0 Å². The molecule has 0 amide bonds. The van der Waals surface area contributed by atoms with E-state index in [2.05, 4.69) is 13.0 Å². The van der Waals surface area contributed by atoms with Gasteiger partial charge in [-0.2, -0.15) is 0 Å². The Morgan fingerprint density at radius 1 is 1.29 bits per heavy atom. The molecule has 0 heterocycles. The Morgan fingerprint density at radius 2 is 2.04 bits per heavy atom. The van der Waals surface area contributed by atoms with Crippen molar-refractivity contribution < 1.29 is 19.7 Å². The van der Waals surface area contributed by atoms with Crippen LogP contribution in [0.25, 0.3) is 0 Å². The van der Waals surface area contributed by atoms with Gasteiger partial charge in [-0.25, -0.2) is 0 Å². The third-order valence-corrected chi connectivity index (χ3v) is 7.66. The molecule has 0 spiro atoms. The molecule has 0 aromatic heterocycles. The molecule has 4 heteroatoms. The number of aryl methyl sites for hydroxylation is 1. The summed E-state index contributed by atoms with van der Waals surface area (Å²) in [6, 6.07) is 5.80. The normalized spacial score (nSPS) is 37.0. The van der Waals surface area contributed by atoms with Crippen LogP contribution in [0, 0.1) is 28.6 Å². The van der Waals surface area contributed by atoms with E-state index in [-0.39, 0.29) is 16.8 Å². The first-order valence-electron chi connectivity index (χ1n) is 10.8. The highest BCUT2D eigenvalue weighted by Crippen LogP contribution is 2.62. The first kappa shape index (κ1) is 19.8. The number of rotatable bonds is 2. The molecule has 2 N–H and O–H groups in total. The Balaban J connectivity index is 1.55. The zero-order chi connectivity index (χ0) is 20.3. The van der Waals surface area contributed by atoms with Crippen LogP contribution in [0.1, 0.15) is 70.4 Å². The van der Waals surface area contributed by atoms with Crippen LogP contribution < -0.4 is 0 Å². The van der Waals surface area contributed by atoms with E-state index in [1.54, 1.807) is 6.07 Å². The van der Waals surface area contributed by atoms with Crippen molar-refractivity contribution >= 4 is 5.97 Å². The van der Waals surface area contributed by atoms with Crippen molar-refractivity contribution in [1.82, 2.24) is 0 Å². The number of benzene rings is 1. The molecule has 0 unspecified atom stereocenters. The van der Waals surface area contributed by atoms with Gasteiger partial charge in [-0.05, 0) is 83.9 Å². The summed E-state index contributed by atoms with van der Waals surface area (Å²) >= 11 is 0. The first-order valence-corrected chi connectivity index (χ1v) is 10.8. The number of phenolic OH excluding ortho intramolecular Hbond substituents is 1. The van der Waals surface area contributed by atoms with Crippen LogP contribution in [0.15, 0.2) is 18.2 Å². The van der Waals surface area contributed by atoms with E-state index in [9.17, 15) is 15.0 Å². The monoisotopic (exact) mass is 386 g/mol. The second-order valence-corrected chi connectivity index (χ2v) is 10.8. The maximum absolute atomic E-state index is 12.8. The lowest BCUT2D eigenvalue weighted by Gasteiger charge is -2.50. The third-order valence-electron chi connectivity index (χ3n) is 7.66. The molecule has 4 nitrogen and oxygen atoms in total. The topological polar surface area (TPSA) is 66.8 Å². The summed E-state index contributed by atoms with van der Waals surface area (Å²) in [4.78, 5) is 12.8. The van der Waals surface area contributed by atoms with Crippen molar-refractivity contribution in [2.45, 2.75) is 71.8 Å². The molecule has 2 fully saturated rings. The number of hydrogen-bond donors (Lipinski definition) is 2. The van der Waals surface area contributed by atoms with Crippen LogP contribution in [0.5, 0.6) is 5.75 Å². The van der Waals surface area contributed by atoms with E-state index in [1.807, 2.05) is 26.8 Å². The predicted molar refractivity (Wildman–Crippen MR) is 108 cm³/mol. The van der Waals surface area contributed by atoms with Crippen LogP contribution in [0.2, 0.25) is 0 Å². The number of esters is 1. The van der Waals surface area contributed by atoms with E-state index in [0.29, 0.717) is 30.1 Å². The van der Waals surface area contributed by atoms with Crippen molar-refractivity contribution in [2.75, 3.05) is 6.61 Å². The molecule has 1 aromatic carbocycles. The second kappa shape index (κ2) is 6.76. The fraction of sp³-hybridized carbons (Fsp3) is 0.708. The SMILES string of the molecule is CC(C)(C)COC(=O)[C@@H]1C[C@H]2[C@@H]3CCc4cc(O)ccc4[C@H]3CC[C@]2(C)[C@H]1O. The Labute approximate surface area is 168 Å². The van der Waals surface area contributed by atoms with Gasteiger partial charge in [0, 0.05) is 0 Å². The highest BCUT2D eigenvalue weighted by atomic mass is 16.5. The van der Waals surface area contributed by atoms with E-state index in [4.69, 9.17) is 4.74 Å². The van der Waals surface area contributed by atoms with Crippen molar-refractivity contribution in [1.29, 1.82) is 0 Å². The quantitative estimate of drug-likeness (QED) is 0.738. The smallest absolute Gasteiger partial charge is 0.311 e. The number of aliphatic hydroxyl groups is 1. The van der Waals surface area contributed by atoms with Gasteiger partial charge in [-0.15, -0.1) is 0 Å². The molecule has 1 aromatic rings. The predicted octanol–water partition coefficient (Wildman–Crippen LogP) is 4.42. The van der Waals surface area contributed by atoms with E-state index < -0.39 is 12.0 Å². The van der Waals surface area contributed by atoms with Crippen molar-refractivity contribution in [3.8, 4) is 5.75 Å². The molecule has 3 aliphatic carbocycles. The summed E-state index contributed by atoms with van der Waals surface area (Å²) in [5.74, 6) is 1.02. The summed E-state index contributed by atoms with van der Waals surface area (Å²) in [6.07, 6.45) is 4.12.